The molecule has 1 N–H and O–H groups in total. The average molecular weight is 491 g/mol. The molecular formula is C28H34N4O4. The predicted molar refractivity (Wildman–Crippen MR) is 137 cm³/mol. The topological polar surface area (TPSA) is 95.3 Å². The second kappa shape index (κ2) is 10.1. The van der Waals surface area contributed by atoms with Crippen molar-refractivity contribution in [3.05, 3.63) is 64.6 Å². The van der Waals surface area contributed by atoms with Crippen molar-refractivity contribution in [2.45, 2.75) is 47.0 Å². The van der Waals surface area contributed by atoms with Crippen LogP contribution in [0.1, 0.15) is 71.8 Å². The van der Waals surface area contributed by atoms with Crippen LogP contribution in [0.2, 0.25) is 0 Å². The summed E-state index contributed by atoms with van der Waals surface area (Å²) in [6, 6.07) is 9.24. The Labute approximate surface area is 212 Å². The second-order valence-corrected chi connectivity index (χ2v) is 10.5. The lowest BCUT2D eigenvalue weighted by Crippen LogP contribution is -2.28. The van der Waals surface area contributed by atoms with Gasteiger partial charge in [0.25, 0.3) is 5.91 Å². The van der Waals surface area contributed by atoms with Crippen LogP contribution in [-0.4, -0.2) is 47.2 Å². The lowest BCUT2D eigenvalue weighted by Gasteiger charge is -2.29. The zero-order valence-corrected chi connectivity index (χ0v) is 21.8. The molecule has 1 amide bonds. The van der Waals surface area contributed by atoms with Gasteiger partial charge in [-0.25, -0.2) is 9.67 Å². The van der Waals surface area contributed by atoms with Crippen molar-refractivity contribution in [1.29, 1.82) is 0 Å². The molecule has 8 heteroatoms. The summed E-state index contributed by atoms with van der Waals surface area (Å²) < 4.78 is 12.6. The van der Waals surface area contributed by atoms with Gasteiger partial charge in [-0.05, 0) is 47.6 Å². The Morgan fingerprint density at radius 2 is 1.86 bits per heavy atom. The zero-order chi connectivity index (χ0) is 26.0. The maximum Gasteiger partial charge on any atom is 0.252 e. The van der Waals surface area contributed by atoms with Gasteiger partial charge in [-0.1, -0.05) is 33.8 Å². The van der Waals surface area contributed by atoms with Gasteiger partial charge in [-0.2, -0.15) is 5.10 Å². The molecule has 36 heavy (non-hydrogen) atoms. The number of Topliss-reactive ketones (excluding diaryl/α,β-unsaturated/α-hetero) is 1. The Kier molecular flexibility index (Phi) is 7.15. The minimum Gasteiger partial charge on any atom is -0.493 e. The molecule has 1 aromatic carbocycles. The van der Waals surface area contributed by atoms with Crippen LogP contribution in [0.5, 0.6) is 11.5 Å². The number of ether oxygens (including phenoxy) is 2. The molecule has 190 valence electrons. The van der Waals surface area contributed by atoms with Crippen LogP contribution in [-0.2, 0) is 12.8 Å². The van der Waals surface area contributed by atoms with Crippen LogP contribution in [0.25, 0.3) is 5.82 Å². The van der Waals surface area contributed by atoms with E-state index in [0.717, 1.165) is 11.3 Å². The van der Waals surface area contributed by atoms with Crippen LogP contribution in [0, 0.1) is 11.3 Å². The normalized spacial score (nSPS) is 14.5. The molecule has 0 unspecified atom stereocenters. The van der Waals surface area contributed by atoms with E-state index in [0.29, 0.717) is 65.9 Å². The lowest BCUT2D eigenvalue weighted by molar-refractivity contribution is 0.0908. The molecule has 2 heterocycles. The molecule has 0 saturated carbocycles. The number of methoxy groups -OCH3 is 2. The maximum absolute atomic E-state index is 13.3. The highest BCUT2D eigenvalue weighted by atomic mass is 16.5. The number of benzene rings is 1. The zero-order valence-electron chi connectivity index (χ0n) is 21.8. The van der Waals surface area contributed by atoms with Crippen LogP contribution in [0.15, 0.2) is 36.5 Å². The number of nitrogens with one attached hydrogen (secondary N) is 1. The third-order valence-corrected chi connectivity index (χ3v) is 6.33. The standard InChI is InChI=1S/C28H34N4O4/c1-17(2)15-30-27(34)19-8-10-25(29-16-19)32-21-13-28(3,4)14-22(33)26(21)20(31-32)11-18-7-9-23(35-5)24(12-18)36-6/h7-10,12,16-17H,11,13-15H2,1-6H3,(H,30,34). The minimum absolute atomic E-state index is 0.0904. The summed E-state index contributed by atoms with van der Waals surface area (Å²) in [5.41, 5.74) is 3.50. The number of nitrogens with zero attached hydrogens (tertiary/aromatic N) is 3. The summed E-state index contributed by atoms with van der Waals surface area (Å²) in [6.45, 7) is 8.88. The van der Waals surface area contributed by atoms with E-state index in [4.69, 9.17) is 14.6 Å². The molecule has 0 fully saturated rings. The fourth-order valence-corrected chi connectivity index (χ4v) is 4.57. The number of hydrogen-bond donors (Lipinski definition) is 1. The van der Waals surface area contributed by atoms with Crippen LogP contribution >= 0.6 is 0 Å². The highest BCUT2D eigenvalue weighted by molar-refractivity contribution is 6.00. The highest BCUT2D eigenvalue weighted by Gasteiger charge is 2.37. The molecule has 0 radical (unpaired) electrons. The van der Waals surface area contributed by atoms with Crippen LogP contribution < -0.4 is 14.8 Å². The van der Waals surface area contributed by atoms with E-state index in [-0.39, 0.29) is 17.1 Å². The molecule has 3 aromatic rings. The molecule has 1 aliphatic carbocycles. The first-order chi connectivity index (χ1) is 17.1. The fourth-order valence-electron chi connectivity index (χ4n) is 4.57. The number of hydrogen-bond acceptors (Lipinski definition) is 6. The fraction of sp³-hybridized carbons (Fsp3) is 0.429. The lowest BCUT2D eigenvalue weighted by atomic mass is 9.75. The Hall–Kier alpha value is -3.68. The molecule has 0 bridgehead atoms. The number of amides is 1. The molecule has 2 aromatic heterocycles. The number of ketones is 1. The third-order valence-electron chi connectivity index (χ3n) is 6.33. The Morgan fingerprint density at radius 1 is 1.11 bits per heavy atom. The van der Waals surface area contributed by atoms with Crippen molar-refractivity contribution < 1.29 is 19.1 Å². The summed E-state index contributed by atoms with van der Waals surface area (Å²) in [5, 5.41) is 7.77. The first-order valence-electron chi connectivity index (χ1n) is 12.2. The van der Waals surface area contributed by atoms with Gasteiger partial charge in [-0.15, -0.1) is 0 Å². The van der Waals surface area contributed by atoms with E-state index in [1.165, 1.54) is 0 Å². The highest BCUT2D eigenvalue weighted by Crippen LogP contribution is 2.38. The van der Waals surface area contributed by atoms with Gasteiger partial charge in [-0.3, -0.25) is 9.59 Å². The first kappa shape index (κ1) is 25.4. The van der Waals surface area contributed by atoms with E-state index in [2.05, 4.69) is 24.1 Å². The number of aromatic nitrogens is 3. The van der Waals surface area contributed by atoms with E-state index in [1.807, 2.05) is 32.0 Å². The second-order valence-electron chi connectivity index (χ2n) is 10.5. The summed E-state index contributed by atoms with van der Waals surface area (Å²) in [5.74, 6) is 2.15. The van der Waals surface area contributed by atoms with Gasteiger partial charge in [0.05, 0.1) is 36.7 Å². The number of rotatable bonds is 8. The molecule has 8 nitrogen and oxygen atoms in total. The van der Waals surface area contributed by atoms with Gasteiger partial charge < -0.3 is 14.8 Å². The van der Waals surface area contributed by atoms with E-state index in [9.17, 15) is 9.59 Å². The molecule has 4 rings (SSSR count). The number of carbonyl (C=O) groups is 2. The summed E-state index contributed by atoms with van der Waals surface area (Å²) in [4.78, 5) is 30.2. The maximum atomic E-state index is 13.3. The smallest absolute Gasteiger partial charge is 0.252 e. The Bertz CT molecular complexity index is 1280. The molecule has 0 atom stereocenters. The van der Waals surface area contributed by atoms with E-state index >= 15 is 0 Å². The van der Waals surface area contributed by atoms with Crippen molar-refractivity contribution >= 4 is 11.7 Å². The largest absolute Gasteiger partial charge is 0.493 e. The number of fused-ring (bicyclic) bond motifs is 1. The van der Waals surface area contributed by atoms with Crippen LogP contribution in [0.4, 0.5) is 0 Å². The Morgan fingerprint density at radius 3 is 2.50 bits per heavy atom. The SMILES string of the molecule is COc1ccc(Cc2nn(-c3ccc(C(=O)NCC(C)C)cn3)c3c2C(=O)CC(C)(C)C3)cc1OC. The molecule has 1 aliphatic rings. The number of carbonyl (C=O) groups excluding carboxylic acids is 2. The summed E-state index contributed by atoms with van der Waals surface area (Å²) >= 11 is 0. The van der Waals surface area contributed by atoms with Gasteiger partial charge >= 0.3 is 0 Å². The van der Waals surface area contributed by atoms with Crippen molar-refractivity contribution in [3.8, 4) is 17.3 Å². The van der Waals surface area contributed by atoms with E-state index in [1.54, 1.807) is 37.2 Å². The molecule has 0 spiro atoms. The van der Waals surface area contributed by atoms with Gasteiger partial charge in [0, 0.05) is 25.6 Å². The minimum atomic E-state index is -0.181. The van der Waals surface area contributed by atoms with Crippen LogP contribution in [0.3, 0.4) is 0 Å². The quantitative estimate of drug-likeness (QED) is 0.502. The monoisotopic (exact) mass is 490 g/mol. The molecular weight excluding hydrogens is 456 g/mol. The van der Waals surface area contributed by atoms with Crippen molar-refractivity contribution in [2.75, 3.05) is 20.8 Å². The average Bonchev–Trinajstić information content (AvgIpc) is 3.19. The first-order valence-corrected chi connectivity index (χ1v) is 12.2. The van der Waals surface area contributed by atoms with Crippen molar-refractivity contribution in [3.63, 3.8) is 0 Å². The van der Waals surface area contributed by atoms with Gasteiger partial charge in [0.2, 0.25) is 0 Å². The summed E-state index contributed by atoms with van der Waals surface area (Å²) in [7, 11) is 3.20. The van der Waals surface area contributed by atoms with Gasteiger partial charge in [0.15, 0.2) is 23.1 Å². The number of pyridine rings is 1. The predicted octanol–water partition coefficient (Wildman–Crippen LogP) is 4.42. The third kappa shape index (κ3) is 5.27. The van der Waals surface area contributed by atoms with Crippen molar-refractivity contribution in [2.24, 2.45) is 11.3 Å². The van der Waals surface area contributed by atoms with E-state index < -0.39 is 0 Å². The molecule has 0 aliphatic heterocycles. The summed E-state index contributed by atoms with van der Waals surface area (Å²) in [6.07, 6.45) is 3.19. The Balaban J connectivity index is 1.71. The molecule has 0 saturated heterocycles. The van der Waals surface area contributed by atoms with Gasteiger partial charge in [0.1, 0.15) is 0 Å². The van der Waals surface area contributed by atoms with Crippen molar-refractivity contribution in [1.82, 2.24) is 20.1 Å².